The molecule has 1 saturated heterocycles. The summed E-state index contributed by atoms with van der Waals surface area (Å²) in [6.45, 7) is 0.221. The van der Waals surface area contributed by atoms with Crippen molar-refractivity contribution in [3.05, 3.63) is 0 Å². The number of nitrogens with one attached hydrogen (secondary N) is 1. The van der Waals surface area contributed by atoms with Crippen molar-refractivity contribution in [1.29, 1.82) is 0 Å². The summed E-state index contributed by atoms with van der Waals surface area (Å²) in [4.78, 5) is 24.3. The summed E-state index contributed by atoms with van der Waals surface area (Å²) in [7, 11) is 1.57. The first-order valence-electron chi connectivity index (χ1n) is 6.41. The van der Waals surface area contributed by atoms with Crippen LogP contribution in [0.15, 0.2) is 0 Å². The molecule has 108 valence electrons. The molecule has 1 saturated carbocycles. The van der Waals surface area contributed by atoms with Crippen molar-refractivity contribution in [3.8, 4) is 0 Å². The predicted octanol–water partition coefficient (Wildman–Crippen LogP) is 0.274. The van der Waals surface area contributed by atoms with Crippen LogP contribution in [0.25, 0.3) is 0 Å². The van der Waals surface area contributed by atoms with Gasteiger partial charge in [0, 0.05) is 26.1 Å². The highest BCUT2D eigenvalue weighted by atomic mass is 19.3. The molecule has 0 aromatic carbocycles. The van der Waals surface area contributed by atoms with Crippen molar-refractivity contribution >= 4 is 11.8 Å². The number of nitrogens with zero attached hydrogens (tertiary/aromatic N) is 1. The van der Waals surface area contributed by atoms with Crippen LogP contribution in [0, 0.1) is 0 Å². The first kappa shape index (κ1) is 14.2. The summed E-state index contributed by atoms with van der Waals surface area (Å²) in [6, 6.07) is -0.482. The Morgan fingerprint density at radius 1 is 1.53 bits per heavy atom. The van der Waals surface area contributed by atoms with Gasteiger partial charge < -0.3 is 15.3 Å². The Morgan fingerprint density at radius 3 is 2.63 bits per heavy atom. The molecule has 5 nitrogen and oxygen atoms in total. The third kappa shape index (κ3) is 2.43. The lowest BCUT2D eigenvalue weighted by Crippen LogP contribution is -2.63. The van der Waals surface area contributed by atoms with Crippen LogP contribution < -0.4 is 5.32 Å². The molecule has 1 heterocycles. The number of piperidine rings is 1. The van der Waals surface area contributed by atoms with Gasteiger partial charge in [-0.05, 0) is 25.7 Å². The van der Waals surface area contributed by atoms with Crippen LogP contribution in [-0.4, -0.2) is 53.0 Å². The van der Waals surface area contributed by atoms with Gasteiger partial charge in [0.05, 0.1) is 0 Å². The number of alkyl halides is 2. The van der Waals surface area contributed by atoms with Crippen LogP contribution in [-0.2, 0) is 9.59 Å². The molecule has 2 rings (SSSR count). The standard InChI is InChI=1S/C12H18F2N2O3/c1-16-7-8(3-4-9(16)17)15-10(18)12(13,14)11(19)5-2-6-11/h8,19H,2-7H2,1H3,(H,15,18). The van der Waals surface area contributed by atoms with E-state index in [2.05, 4.69) is 5.32 Å². The quantitative estimate of drug-likeness (QED) is 0.777. The monoisotopic (exact) mass is 276 g/mol. The third-order valence-electron chi connectivity index (χ3n) is 4.01. The third-order valence-corrected chi connectivity index (χ3v) is 4.01. The number of aliphatic hydroxyl groups is 1. The molecule has 0 aromatic rings. The van der Waals surface area contributed by atoms with Crippen LogP contribution >= 0.6 is 0 Å². The van der Waals surface area contributed by atoms with E-state index in [1.165, 1.54) is 4.90 Å². The van der Waals surface area contributed by atoms with Gasteiger partial charge in [-0.3, -0.25) is 9.59 Å². The van der Waals surface area contributed by atoms with Crippen LogP contribution in [0.4, 0.5) is 8.78 Å². The SMILES string of the molecule is CN1CC(NC(=O)C(F)(F)C2(O)CCC2)CCC1=O. The molecule has 2 fully saturated rings. The van der Waals surface area contributed by atoms with E-state index < -0.39 is 23.5 Å². The molecule has 2 amide bonds. The second-order valence-electron chi connectivity index (χ2n) is 5.44. The predicted molar refractivity (Wildman–Crippen MR) is 62.5 cm³/mol. The Morgan fingerprint density at radius 2 is 2.16 bits per heavy atom. The van der Waals surface area contributed by atoms with Gasteiger partial charge in [-0.15, -0.1) is 0 Å². The Kier molecular flexibility index (Phi) is 3.51. The number of carbonyl (C=O) groups excluding carboxylic acids is 2. The first-order chi connectivity index (χ1) is 8.76. The van der Waals surface area contributed by atoms with Crippen LogP contribution in [0.2, 0.25) is 0 Å². The molecule has 1 aliphatic heterocycles. The number of likely N-dealkylation sites (tertiary alicyclic amines) is 1. The van der Waals surface area contributed by atoms with E-state index in [1.54, 1.807) is 7.05 Å². The summed E-state index contributed by atoms with van der Waals surface area (Å²) in [5.41, 5.74) is -2.20. The molecule has 2 N–H and O–H groups in total. The molecule has 1 unspecified atom stereocenters. The van der Waals surface area contributed by atoms with Gasteiger partial charge in [0.15, 0.2) is 0 Å². The smallest absolute Gasteiger partial charge is 0.352 e. The van der Waals surface area contributed by atoms with E-state index in [-0.39, 0.29) is 31.7 Å². The average Bonchev–Trinajstić information content (AvgIpc) is 2.30. The Bertz CT molecular complexity index is 396. The Hall–Kier alpha value is -1.24. The van der Waals surface area contributed by atoms with E-state index in [4.69, 9.17) is 0 Å². The fourth-order valence-electron chi connectivity index (χ4n) is 2.44. The number of hydrogen-bond acceptors (Lipinski definition) is 3. The van der Waals surface area contributed by atoms with E-state index in [9.17, 15) is 23.5 Å². The second-order valence-corrected chi connectivity index (χ2v) is 5.44. The van der Waals surface area contributed by atoms with Gasteiger partial charge >= 0.3 is 5.92 Å². The Balaban J connectivity index is 1.95. The zero-order valence-electron chi connectivity index (χ0n) is 10.8. The minimum Gasteiger partial charge on any atom is -0.383 e. The maximum absolute atomic E-state index is 13.8. The zero-order valence-corrected chi connectivity index (χ0v) is 10.8. The van der Waals surface area contributed by atoms with Crippen molar-refractivity contribution in [2.75, 3.05) is 13.6 Å². The Labute approximate surface area is 109 Å². The fraction of sp³-hybridized carbons (Fsp3) is 0.833. The highest BCUT2D eigenvalue weighted by molar-refractivity contribution is 5.85. The number of rotatable bonds is 3. The topological polar surface area (TPSA) is 69.6 Å². The van der Waals surface area contributed by atoms with Gasteiger partial charge in [-0.25, -0.2) is 0 Å². The summed E-state index contributed by atoms with van der Waals surface area (Å²) in [6.07, 6.45) is 0.966. The lowest BCUT2D eigenvalue weighted by Gasteiger charge is -2.42. The second kappa shape index (κ2) is 4.70. The van der Waals surface area contributed by atoms with Crippen LogP contribution in [0.3, 0.4) is 0 Å². The van der Waals surface area contributed by atoms with Crippen molar-refractivity contribution in [2.45, 2.75) is 49.7 Å². The van der Waals surface area contributed by atoms with Crippen molar-refractivity contribution in [1.82, 2.24) is 10.2 Å². The van der Waals surface area contributed by atoms with E-state index in [0.29, 0.717) is 12.8 Å². The molecule has 1 aliphatic carbocycles. The molecule has 1 atom stereocenters. The average molecular weight is 276 g/mol. The molecular formula is C12H18F2N2O3. The number of hydrogen-bond donors (Lipinski definition) is 2. The zero-order chi connectivity index (χ0) is 14.3. The molecule has 0 radical (unpaired) electrons. The number of amides is 2. The molecule has 0 spiro atoms. The van der Waals surface area contributed by atoms with Crippen molar-refractivity contribution in [3.63, 3.8) is 0 Å². The van der Waals surface area contributed by atoms with Gasteiger partial charge in [0.25, 0.3) is 5.91 Å². The molecule has 0 aromatic heterocycles. The van der Waals surface area contributed by atoms with Crippen LogP contribution in [0.1, 0.15) is 32.1 Å². The molecular weight excluding hydrogens is 258 g/mol. The summed E-state index contributed by atoms with van der Waals surface area (Å²) in [5, 5.41) is 11.9. The largest absolute Gasteiger partial charge is 0.383 e. The van der Waals surface area contributed by atoms with Gasteiger partial charge in [0.1, 0.15) is 5.60 Å². The van der Waals surface area contributed by atoms with Gasteiger partial charge in [-0.1, -0.05) is 0 Å². The normalized spacial score (nSPS) is 26.8. The fourth-order valence-corrected chi connectivity index (χ4v) is 2.44. The maximum atomic E-state index is 13.8. The summed E-state index contributed by atoms with van der Waals surface area (Å²) >= 11 is 0. The lowest BCUT2D eigenvalue weighted by molar-refractivity contribution is -0.216. The minimum atomic E-state index is -3.77. The lowest BCUT2D eigenvalue weighted by atomic mass is 9.75. The van der Waals surface area contributed by atoms with Crippen LogP contribution in [0.5, 0.6) is 0 Å². The van der Waals surface area contributed by atoms with E-state index in [1.807, 2.05) is 0 Å². The number of likely N-dealkylation sites (N-methyl/N-ethyl adjacent to an activating group) is 1. The van der Waals surface area contributed by atoms with Gasteiger partial charge in [-0.2, -0.15) is 8.78 Å². The van der Waals surface area contributed by atoms with E-state index in [0.717, 1.165) is 0 Å². The molecule has 7 heteroatoms. The first-order valence-corrected chi connectivity index (χ1v) is 6.41. The molecule has 19 heavy (non-hydrogen) atoms. The number of carbonyl (C=O) groups is 2. The van der Waals surface area contributed by atoms with Crippen molar-refractivity contribution < 1.29 is 23.5 Å². The highest BCUT2D eigenvalue weighted by Gasteiger charge is 2.61. The maximum Gasteiger partial charge on any atom is 0.352 e. The van der Waals surface area contributed by atoms with Gasteiger partial charge in [0.2, 0.25) is 5.91 Å². The van der Waals surface area contributed by atoms with Crippen molar-refractivity contribution in [2.24, 2.45) is 0 Å². The highest BCUT2D eigenvalue weighted by Crippen LogP contribution is 2.44. The molecule has 0 bridgehead atoms. The minimum absolute atomic E-state index is 0.0591. The summed E-state index contributed by atoms with van der Waals surface area (Å²) in [5.74, 6) is -5.28. The summed E-state index contributed by atoms with van der Waals surface area (Å²) < 4.78 is 27.7. The number of halogens is 2. The van der Waals surface area contributed by atoms with E-state index >= 15 is 0 Å². The molecule has 2 aliphatic rings.